The van der Waals surface area contributed by atoms with Crippen LogP contribution in [0.4, 0.5) is 0 Å². The van der Waals surface area contributed by atoms with E-state index in [0.717, 1.165) is 0 Å². The van der Waals surface area contributed by atoms with Gasteiger partial charge in [-0.1, -0.05) is 35.3 Å². The number of hydrogen-bond acceptors (Lipinski definition) is 4. The molecule has 0 saturated heterocycles. The van der Waals surface area contributed by atoms with Gasteiger partial charge in [0.15, 0.2) is 0 Å². The average Bonchev–Trinajstić information content (AvgIpc) is 2.80. The van der Waals surface area contributed by atoms with Crippen LogP contribution < -0.4 is 4.74 Å². The number of hydrogen-bond donors (Lipinski definition) is 0. The number of nitrogens with zero attached hydrogens (tertiary/aromatic N) is 4. The molecule has 3 rings (SSSR count). The Morgan fingerprint density at radius 2 is 2.00 bits per heavy atom. The van der Waals surface area contributed by atoms with Crippen LogP contribution in [0.3, 0.4) is 0 Å². The van der Waals surface area contributed by atoms with Crippen molar-refractivity contribution in [3.05, 3.63) is 46.8 Å². The first-order chi connectivity index (χ1) is 8.74. The fraction of sp³-hybridized carbons (Fsp3) is 0. The van der Waals surface area contributed by atoms with Crippen molar-refractivity contribution in [1.82, 2.24) is 19.6 Å². The summed E-state index contributed by atoms with van der Waals surface area (Å²) in [6.07, 6.45) is 1.37. The Bertz CT molecular complexity index is 713. The molecule has 0 aliphatic rings. The highest BCUT2D eigenvalue weighted by molar-refractivity contribution is 6.32. The van der Waals surface area contributed by atoms with Gasteiger partial charge in [-0.2, -0.15) is 19.6 Å². The molecule has 18 heavy (non-hydrogen) atoms. The Morgan fingerprint density at radius 3 is 2.83 bits per heavy atom. The molecule has 2 aromatic heterocycles. The van der Waals surface area contributed by atoms with Crippen LogP contribution in [0.2, 0.25) is 10.2 Å². The zero-order valence-corrected chi connectivity index (χ0v) is 10.4. The molecule has 7 heteroatoms. The fourth-order valence-corrected chi connectivity index (χ4v) is 1.81. The van der Waals surface area contributed by atoms with Crippen LogP contribution in [-0.4, -0.2) is 19.6 Å². The number of rotatable bonds is 2. The highest BCUT2D eigenvalue weighted by Gasteiger charge is 2.10. The smallest absolute Gasteiger partial charge is 0.256 e. The normalized spacial score (nSPS) is 10.8. The van der Waals surface area contributed by atoms with Crippen LogP contribution in [0.15, 0.2) is 36.7 Å². The second-order valence-corrected chi connectivity index (χ2v) is 4.22. The predicted octanol–water partition coefficient (Wildman–Crippen LogP) is 3.22. The Hall–Kier alpha value is -1.85. The van der Waals surface area contributed by atoms with E-state index in [0.29, 0.717) is 22.4 Å². The molecule has 0 aliphatic carbocycles. The maximum Gasteiger partial charge on any atom is 0.256 e. The molecule has 0 aliphatic heterocycles. The number of fused-ring (bicyclic) bond motifs is 1. The first kappa shape index (κ1) is 11.3. The standard InChI is InChI=1S/C11H6Cl2N4O/c12-7-3-1-2-4-8(7)18-10-5-9(13)16-11-14-6-15-17(10)11/h1-6H. The molecule has 0 amide bonds. The van der Waals surface area contributed by atoms with E-state index in [1.54, 1.807) is 18.2 Å². The minimum Gasteiger partial charge on any atom is -0.437 e. The molecule has 0 fully saturated rings. The van der Waals surface area contributed by atoms with Crippen LogP contribution in [0.25, 0.3) is 5.78 Å². The Kier molecular flexibility index (Phi) is 2.77. The second kappa shape index (κ2) is 4.44. The van der Waals surface area contributed by atoms with Crippen molar-refractivity contribution < 1.29 is 4.74 Å². The van der Waals surface area contributed by atoms with Crippen LogP contribution in [-0.2, 0) is 0 Å². The molecule has 0 N–H and O–H groups in total. The number of halogens is 2. The molecule has 5 nitrogen and oxygen atoms in total. The largest absolute Gasteiger partial charge is 0.437 e. The van der Waals surface area contributed by atoms with Crippen molar-refractivity contribution >= 4 is 29.0 Å². The van der Waals surface area contributed by atoms with Gasteiger partial charge in [0.2, 0.25) is 5.88 Å². The molecule has 0 spiro atoms. The highest BCUT2D eigenvalue weighted by atomic mass is 35.5. The summed E-state index contributed by atoms with van der Waals surface area (Å²) >= 11 is 11.9. The van der Waals surface area contributed by atoms with Gasteiger partial charge in [-0.3, -0.25) is 0 Å². The molecule has 0 bridgehead atoms. The number of ether oxygens (including phenoxy) is 1. The summed E-state index contributed by atoms with van der Waals surface area (Å²) in [5.74, 6) is 1.28. The monoisotopic (exact) mass is 280 g/mol. The summed E-state index contributed by atoms with van der Waals surface area (Å²) in [6.45, 7) is 0. The van der Waals surface area contributed by atoms with Gasteiger partial charge in [0.1, 0.15) is 17.2 Å². The predicted molar refractivity (Wildman–Crippen MR) is 67.3 cm³/mol. The second-order valence-electron chi connectivity index (χ2n) is 3.42. The van der Waals surface area contributed by atoms with Gasteiger partial charge in [-0.15, -0.1) is 0 Å². The van der Waals surface area contributed by atoms with Crippen molar-refractivity contribution in [2.75, 3.05) is 0 Å². The molecule has 3 aromatic rings. The fourth-order valence-electron chi connectivity index (χ4n) is 1.47. The van der Waals surface area contributed by atoms with Crippen molar-refractivity contribution in [3.63, 3.8) is 0 Å². The lowest BCUT2D eigenvalue weighted by Gasteiger charge is -2.08. The summed E-state index contributed by atoms with van der Waals surface area (Å²) in [4.78, 5) is 7.95. The van der Waals surface area contributed by atoms with E-state index >= 15 is 0 Å². The van der Waals surface area contributed by atoms with E-state index in [1.807, 2.05) is 12.1 Å². The summed E-state index contributed by atoms with van der Waals surface area (Å²) in [5.41, 5.74) is 0. The van der Waals surface area contributed by atoms with Crippen molar-refractivity contribution in [3.8, 4) is 11.6 Å². The van der Waals surface area contributed by atoms with Gasteiger partial charge in [-0.25, -0.2) is 0 Å². The first-order valence-corrected chi connectivity index (χ1v) is 5.78. The lowest BCUT2D eigenvalue weighted by Crippen LogP contribution is -1.98. The van der Waals surface area contributed by atoms with Gasteiger partial charge < -0.3 is 4.74 Å². The molecular weight excluding hydrogens is 275 g/mol. The third-order valence-electron chi connectivity index (χ3n) is 2.24. The van der Waals surface area contributed by atoms with Gasteiger partial charge in [0, 0.05) is 6.07 Å². The minimum absolute atomic E-state index is 0.276. The van der Waals surface area contributed by atoms with E-state index in [1.165, 1.54) is 10.8 Å². The van der Waals surface area contributed by atoms with Crippen LogP contribution >= 0.6 is 23.2 Å². The van der Waals surface area contributed by atoms with Crippen molar-refractivity contribution in [1.29, 1.82) is 0 Å². The molecular formula is C11H6Cl2N4O. The van der Waals surface area contributed by atoms with Crippen molar-refractivity contribution in [2.24, 2.45) is 0 Å². The van der Waals surface area contributed by atoms with E-state index < -0.39 is 0 Å². The van der Waals surface area contributed by atoms with E-state index in [2.05, 4.69) is 15.1 Å². The number of aromatic nitrogens is 4. The maximum absolute atomic E-state index is 6.02. The Labute approximate surface area is 112 Å². The SMILES string of the molecule is Clc1cc(Oc2ccccc2Cl)n2ncnc2n1. The summed E-state index contributed by atoms with van der Waals surface area (Å²) in [6, 6.07) is 8.67. The zero-order chi connectivity index (χ0) is 12.5. The summed E-state index contributed by atoms with van der Waals surface area (Å²) in [7, 11) is 0. The van der Waals surface area contributed by atoms with Gasteiger partial charge >= 0.3 is 0 Å². The lowest BCUT2D eigenvalue weighted by atomic mass is 10.3. The van der Waals surface area contributed by atoms with E-state index in [-0.39, 0.29) is 5.15 Å². The quantitative estimate of drug-likeness (QED) is 0.677. The molecule has 0 radical (unpaired) electrons. The molecule has 2 heterocycles. The highest BCUT2D eigenvalue weighted by Crippen LogP contribution is 2.29. The lowest BCUT2D eigenvalue weighted by molar-refractivity contribution is 0.446. The third kappa shape index (κ3) is 1.98. The molecule has 1 aromatic carbocycles. The summed E-state index contributed by atoms with van der Waals surface area (Å²) < 4.78 is 7.11. The van der Waals surface area contributed by atoms with Gasteiger partial charge in [-0.05, 0) is 12.1 Å². The van der Waals surface area contributed by atoms with Crippen LogP contribution in [0, 0.1) is 0 Å². The Morgan fingerprint density at radius 1 is 1.17 bits per heavy atom. The number of para-hydroxylation sites is 1. The van der Waals surface area contributed by atoms with Crippen molar-refractivity contribution in [2.45, 2.75) is 0 Å². The van der Waals surface area contributed by atoms with Gasteiger partial charge in [0.05, 0.1) is 5.02 Å². The molecule has 90 valence electrons. The maximum atomic E-state index is 6.02. The van der Waals surface area contributed by atoms with E-state index in [9.17, 15) is 0 Å². The summed E-state index contributed by atoms with van der Waals surface area (Å²) in [5, 5.41) is 4.78. The van der Waals surface area contributed by atoms with Crippen LogP contribution in [0.5, 0.6) is 11.6 Å². The Balaban J connectivity index is 2.10. The third-order valence-corrected chi connectivity index (χ3v) is 2.74. The topological polar surface area (TPSA) is 52.3 Å². The molecule has 0 unspecified atom stereocenters. The first-order valence-electron chi connectivity index (χ1n) is 5.03. The van der Waals surface area contributed by atoms with Gasteiger partial charge in [0.25, 0.3) is 5.78 Å². The molecule has 0 saturated carbocycles. The average molecular weight is 281 g/mol. The molecule has 0 atom stereocenters. The zero-order valence-electron chi connectivity index (χ0n) is 8.92. The van der Waals surface area contributed by atoms with E-state index in [4.69, 9.17) is 27.9 Å². The number of benzene rings is 1. The minimum atomic E-state index is 0.276. The van der Waals surface area contributed by atoms with Crippen LogP contribution in [0.1, 0.15) is 0 Å².